The van der Waals surface area contributed by atoms with Gasteiger partial charge in [0.05, 0.1) is 9.82 Å². The van der Waals surface area contributed by atoms with Crippen LogP contribution in [0.15, 0.2) is 47.4 Å². The minimum atomic E-state index is -3.96. The first kappa shape index (κ1) is 17.9. The Balaban J connectivity index is 1.87. The van der Waals surface area contributed by atoms with E-state index in [0.717, 1.165) is 17.2 Å². The van der Waals surface area contributed by atoms with Crippen LogP contribution in [0.4, 0.5) is 11.4 Å². The number of benzene rings is 2. The maximum atomic E-state index is 12.5. The number of carbonyl (C=O) groups is 1. The van der Waals surface area contributed by atoms with Gasteiger partial charge in [0.15, 0.2) is 0 Å². The van der Waals surface area contributed by atoms with Crippen LogP contribution in [0.2, 0.25) is 0 Å². The van der Waals surface area contributed by atoms with Gasteiger partial charge in [-0.2, -0.15) is 0 Å². The maximum absolute atomic E-state index is 12.5. The van der Waals surface area contributed by atoms with E-state index in [1.807, 2.05) is 6.07 Å². The number of nitrogens with one attached hydrogen (secondary N) is 1. The van der Waals surface area contributed by atoms with Crippen molar-refractivity contribution in [2.75, 3.05) is 11.3 Å². The predicted octanol–water partition coefficient (Wildman–Crippen LogP) is 2.30. The van der Waals surface area contributed by atoms with E-state index in [9.17, 15) is 23.3 Å². The summed E-state index contributed by atoms with van der Waals surface area (Å²) in [5.41, 5.74) is 2.00. The lowest BCUT2D eigenvalue weighted by molar-refractivity contribution is -0.385. The number of sulfonamides is 1. The van der Waals surface area contributed by atoms with E-state index >= 15 is 0 Å². The normalized spacial score (nSPS) is 13.8. The van der Waals surface area contributed by atoms with Crippen LogP contribution < -0.4 is 4.72 Å². The van der Waals surface area contributed by atoms with Crippen molar-refractivity contribution in [1.82, 2.24) is 4.90 Å². The number of fused-ring (bicyclic) bond motifs is 1. The molecule has 8 nitrogen and oxygen atoms in total. The Morgan fingerprint density at radius 3 is 2.65 bits per heavy atom. The molecule has 1 aliphatic heterocycles. The SMILES string of the molecule is CC(=O)N1CCc2ccc(NS(=O)(=O)c3cccc([N+](=O)[O-])c3)cc2C1. The molecule has 0 unspecified atom stereocenters. The van der Waals surface area contributed by atoms with E-state index in [1.54, 1.807) is 17.0 Å². The minimum absolute atomic E-state index is 0.0294. The quantitative estimate of drug-likeness (QED) is 0.651. The molecule has 1 amide bonds. The van der Waals surface area contributed by atoms with Gasteiger partial charge in [0.25, 0.3) is 15.7 Å². The summed E-state index contributed by atoms with van der Waals surface area (Å²) in [6.07, 6.45) is 0.715. The van der Waals surface area contributed by atoms with E-state index in [2.05, 4.69) is 4.72 Å². The van der Waals surface area contributed by atoms with Crippen LogP contribution in [0, 0.1) is 10.1 Å². The average molecular weight is 375 g/mol. The van der Waals surface area contributed by atoms with Gasteiger partial charge >= 0.3 is 0 Å². The van der Waals surface area contributed by atoms with Crippen molar-refractivity contribution in [3.8, 4) is 0 Å². The molecule has 1 aliphatic rings. The van der Waals surface area contributed by atoms with Gasteiger partial charge in [-0.25, -0.2) is 8.42 Å². The molecule has 0 bridgehead atoms. The summed E-state index contributed by atoms with van der Waals surface area (Å²) in [4.78, 5) is 23.3. The van der Waals surface area contributed by atoms with Gasteiger partial charge in [0, 0.05) is 37.8 Å². The second kappa shape index (κ2) is 6.75. The van der Waals surface area contributed by atoms with Crippen molar-refractivity contribution in [3.63, 3.8) is 0 Å². The first-order valence-corrected chi connectivity index (χ1v) is 9.39. The van der Waals surface area contributed by atoms with Crippen LogP contribution in [0.1, 0.15) is 18.1 Å². The molecule has 26 heavy (non-hydrogen) atoms. The molecular formula is C17H17N3O5S. The molecule has 0 spiro atoms. The molecule has 0 aromatic heterocycles. The van der Waals surface area contributed by atoms with Crippen LogP contribution in [-0.4, -0.2) is 30.7 Å². The van der Waals surface area contributed by atoms with Gasteiger partial charge in [-0.3, -0.25) is 19.6 Å². The minimum Gasteiger partial charge on any atom is -0.338 e. The van der Waals surface area contributed by atoms with Crippen LogP contribution in [0.25, 0.3) is 0 Å². The smallest absolute Gasteiger partial charge is 0.270 e. The highest BCUT2D eigenvalue weighted by Gasteiger charge is 2.21. The highest BCUT2D eigenvalue weighted by Crippen LogP contribution is 2.25. The lowest BCUT2D eigenvalue weighted by Crippen LogP contribution is -2.34. The van der Waals surface area contributed by atoms with Crippen molar-refractivity contribution < 1.29 is 18.1 Å². The number of anilines is 1. The summed E-state index contributed by atoms with van der Waals surface area (Å²) >= 11 is 0. The van der Waals surface area contributed by atoms with Gasteiger partial charge in [-0.15, -0.1) is 0 Å². The van der Waals surface area contributed by atoms with Crippen molar-refractivity contribution in [2.24, 2.45) is 0 Å². The summed E-state index contributed by atoms with van der Waals surface area (Å²) < 4.78 is 27.5. The second-order valence-electron chi connectivity index (χ2n) is 6.03. The van der Waals surface area contributed by atoms with Gasteiger partial charge < -0.3 is 4.90 Å². The molecule has 0 saturated heterocycles. The van der Waals surface area contributed by atoms with E-state index in [4.69, 9.17) is 0 Å². The highest BCUT2D eigenvalue weighted by atomic mass is 32.2. The zero-order chi connectivity index (χ0) is 18.9. The second-order valence-corrected chi connectivity index (χ2v) is 7.72. The number of nitro benzene ring substituents is 1. The topological polar surface area (TPSA) is 110 Å². The molecule has 2 aromatic carbocycles. The lowest BCUT2D eigenvalue weighted by atomic mass is 9.99. The molecule has 1 heterocycles. The third-order valence-electron chi connectivity index (χ3n) is 4.25. The van der Waals surface area contributed by atoms with Crippen molar-refractivity contribution >= 4 is 27.3 Å². The van der Waals surface area contributed by atoms with Gasteiger partial charge in [-0.05, 0) is 35.7 Å². The first-order valence-electron chi connectivity index (χ1n) is 7.91. The molecule has 0 radical (unpaired) electrons. The Bertz CT molecular complexity index is 988. The summed E-state index contributed by atoms with van der Waals surface area (Å²) in [5, 5.41) is 10.8. The number of hydrogen-bond acceptors (Lipinski definition) is 5. The third kappa shape index (κ3) is 3.67. The zero-order valence-electron chi connectivity index (χ0n) is 14.0. The third-order valence-corrected chi connectivity index (χ3v) is 5.63. The summed E-state index contributed by atoms with van der Waals surface area (Å²) in [6, 6.07) is 10.0. The molecule has 9 heteroatoms. The Kier molecular flexibility index (Phi) is 4.64. The number of carbonyl (C=O) groups excluding carboxylic acids is 1. The molecule has 1 N–H and O–H groups in total. The standard InChI is InChI=1S/C17H17N3O5S/c1-12(21)19-8-7-13-5-6-15(9-14(13)11-19)18-26(24,25)17-4-2-3-16(10-17)20(22)23/h2-6,9-10,18H,7-8,11H2,1H3. The summed E-state index contributed by atoms with van der Waals surface area (Å²) in [6.45, 7) is 2.57. The number of amides is 1. The Hall–Kier alpha value is -2.94. The number of hydrogen-bond donors (Lipinski definition) is 1. The number of rotatable bonds is 4. The number of nitro groups is 1. The molecular weight excluding hydrogens is 358 g/mol. The van der Waals surface area contributed by atoms with E-state index in [1.165, 1.54) is 25.1 Å². The van der Waals surface area contributed by atoms with Crippen LogP contribution in [-0.2, 0) is 27.8 Å². The Labute approximate surface area is 150 Å². The number of nitrogens with zero attached hydrogens (tertiary/aromatic N) is 2. The Morgan fingerprint density at radius 2 is 1.96 bits per heavy atom. The van der Waals surface area contributed by atoms with Gasteiger partial charge in [-0.1, -0.05) is 12.1 Å². The fraction of sp³-hybridized carbons (Fsp3) is 0.235. The van der Waals surface area contributed by atoms with Gasteiger partial charge in [0.1, 0.15) is 0 Å². The van der Waals surface area contributed by atoms with E-state index in [-0.39, 0.29) is 16.5 Å². The van der Waals surface area contributed by atoms with Crippen LogP contribution in [0.5, 0.6) is 0 Å². The molecule has 136 valence electrons. The fourth-order valence-corrected chi connectivity index (χ4v) is 3.96. The number of non-ortho nitro benzene ring substituents is 1. The van der Waals surface area contributed by atoms with Crippen molar-refractivity contribution in [2.45, 2.75) is 24.8 Å². The molecule has 0 aliphatic carbocycles. The molecule has 0 saturated carbocycles. The monoisotopic (exact) mass is 375 g/mol. The summed E-state index contributed by atoms with van der Waals surface area (Å²) in [5.74, 6) is -0.0294. The molecule has 2 aromatic rings. The lowest BCUT2D eigenvalue weighted by Gasteiger charge is -2.28. The molecule has 0 fully saturated rings. The van der Waals surface area contributed by atoms with Crippen LogP contribution in [0.3, 0.4) is 0 Å². The molecule has 3 rings (SSSR count). The largest absolute Gasteiger partial charge is 0.338 e. The summed E-state index contributed by atoms with van der Waals surface area (Å²) in [7, 11) is -3.96. The van der Waals surface area contributed by atoms with Crippen molar-refractivity contribution in [1.29, 1.82) is 0 Å². The first-order chi connectivity index (χ1) is 12.3. The maximum Gasteiger partial charge on any atom is 0.270 e. The van der Waals surface area contributed by atoms with Crippen LogP contribution >= 0.6 is 0 Å². The van der Waals surface area contributed by atoms with Crippen molar-refractivity contribution in [3.05, 3.63) is 63.7 Å². The Morgan fingerprint density at radius 1 is 1.19 bits per heavy atom. The average Bonchev–Trinajstić information content (AvgIpc) is 2.60. The predicted molar refractivity (Wildman–Crippen MR) is 95.1 cm³/mol. The van der Waals surface area contributed by atoms with Gasteiger partial charge in [0.2, 0.25) is 5.91 Å². The van der Waals surface area contributed by atoms with E-state index < -0.39 is 14.9 Å². The highest BCUT2D eigenvalue weighted by molar-refractivity contribution is 7.92. The fourth-order valence-electron chi connectivity index (χ4n) is 2.87. The zero-order valence-corrected chi connectivity index (χ0v) is 14.8. The van der Waals surface area contributed by atoms with E-state index in [0.29, 0.717) is 25.2 Å². The molecule has 0 atom stereocenters.